The summed E-state index contributed by atoms with van der Waals surface area (Å²) in [6.07, 6.45) is 3.74. The maximum Gasteiger partial charge on any atom is 0.242 e. The summed E-state index contributed by atoms with van der Waals surface area (Å²) in [5, 5.41) is 5.15. The Bertz CT molecular complexity index is 647. The molecule has 0 aliphatic rings. The molecule has 2 rings (SSSR count). The highest BCUT2D eigenvalue weighted by Gasteiger charge is 2.19. The normalized spacial score (nSPS) is 12.9. The first-order valence-electron chi connectivity index (χ1n) is 7.23. The fraction of sp³-hybridized carbons (Fsp3) is 0.438. The van der Waals surface area contributed by atoms with E-state index in [9.17, 15) is 4.79 Å². The van der Waals surface area contributed by atoms with Crippen LogP contribution in [0, 0.1) is 0 Å². The largest absolute Gasteiger partial charge is 0.352 e. The number of carbonyl (C=O) groups excluding carboxylic acids is 1. The van der Waals surface area contributed by atoms with Gasteiger partial charge >= 0.3 is 0 Å². The van der Waals surface area contributed by atoms with Gasteiger partial charge < -0.3 is 9.88 Å². The van der Waals surface area contributed by atoms with Gasteiger partial charge in [-0.1, -0.05) is 37.0 Å². The number of fused-ring (bicyclic) bond motifs is 1. The van der Waals surface area contributed by atoms with Crippen LogP contribution in [0.5, 0.6) is 0 Å². The molecule has 0 aliphatic heterocycles. The van der Waals surface area contributed by atoms with Crippen LogP contribution in [0.3, 0.4) is 0 Å². The molecule has 1 unspecified atom stereocenters. The van der Waals surface area contributed by atoms with Crippen molar-refractivity contribution in [2.45, 2.75) is 45.7 Å². The van der Waals surface area contributed by atoms with Gasteiger partial charge in [-0.15, -0.1) is 0 Å². The third-order valence-corrected chi connectivity index (χ3v) is 4.41. The van der Waals surface area contributed by atoms with Crippen molar-refractivity contribution in [1.29, 1.82) is 0 Å². The summed E-state index contributed by atoms with van der Waals surface area (Å²) in [5.74, 6) is 0.0114. The predicted molar refractivity (Wildman–Crippen MR) is 89.2 cm³/mol. The van der Waals surface area contributed by atoms with E-state index < -0.39 is 0 Å². The van der Waals surface area contributed by atoms with Gasteiger partial charge in [0.25, 0.3) is 0 Å². The Balaban J connectivity index is 2.31. The molecule has 0 saturated heterocycles. The molecule has 2 aromatic rings. The summed E-state index contributed by atoms with van der Waals surface area (Å²) in [5.41, 5.74) is 0.875. The fourth-order valence-corrected chi connectivity index (χ4v) is 3.01. The van der Waals surface area contributed by atoms with Gasteiger partial charge in [0.2, 0.25) is 5.91 Å². The smallest absolute Gasteiger partial charge is 0.242 e. The molecule has 5 heteroatoms. The van der Waals surface area contributed by atoms with E-state index in [2.05, 4.69) is 19.2 Å². The van der Waals surface area contributed by atoms with Gasteiger partial charge in [-0.3, -0.25) is 4.79 Å². The van der Waals surface area contributed by atoms with Crippen LogP contribution in [-0.2, 0) is 4.79 Å². The molecule has 0 bridgehead atoms. The zero-order chi connectivity index (χ0) is 15.6. The number of nitrogens with one attached hydrogen (secondary N) is 1. The third kappa shape index (κ3) is 3.35. The first-order valence-corrected chi connectivity index (χ1v) is 7.99. The molecule has 0 fully saturated rings. The van der Waals surface area contributed by atoms with E-state index in [4.69, 9.17) is 23.2 Å². The Labute approximate surface area is 135 Å². The lowest BCUT2D eigenvalue weighted by Crippen LogP contribution is -2.38. The second kappa shape index (κ2) is 6.71. The molecule has 0 saturated carbocycles. The van der Waals surface area contributed by atoms with Crippen molar-refractivity contribution in [3.63, 3.8) is 0 Å². The molecule has 3 nitrogen and oxygen atoms in total. The Morgan fingerprint density at radius 2 is 1.95 bits per heavy atom. The highest BCUT2D eigenvalue weighted by Crippen LogP contribution is 2.30. The van der Waals surface area contributed by atoms with Gasteiger partial charge in [-0.2, -0.15) is 0 Å². The number of amides is 1. The number of benzene rings is 1. The number of halogens is 2. The zero-order valence-corrected chi connectivity index (χ0v) is 14.0. The average Bonchev–Trinajstić information content (AvgIpc) is 2.87. The molecule has 1 aromatic carbocycles. The van der Waals surface area contributed by atoms with Gasteiger partial charge in [-0.25, -0.2) is 0 Å². The fourth-order valence-electron chi connectivity index (χ4n) is 2.46. The molecule has 21 heavy (non-hydrogen) atoms. The second-order valence-electron chi connectivity index (χ2n) is 5.24. The maximum absolute atomic E-state index is 12.4. The van der Waals surface area contributed by atoms with E-state index in [-0.39, 0.29) is 18.0 Å². The van der Waals surface area contributed by atoms with Crippen LogP contribution >= 0.6 is 23.2 Å². The Morgan fingerprint density at radius 1 is 1.29 bits per heavy atom. The molecule has 1 heterocycles. The van der Waals surface area contributed by atoms with E-state index in [0.29, 0.717) is 10.0 Å². The molecule has 0 aliphatic carbocycles. The maximum atomic E-state index is 12.4. The summed E-state index contributed by atoms with van der Waals surface area (Å²) in [4.78, 5) is 12.4. The standard InChI is InChI=1S/C16H20Cl2N2O/c1-4-12(5-2)19-16(21)10(3)20-7-6-13-14(18)8-11(17)9-15(13)20/h6-10,12H,4-5H2,1-3H3,(H,19,21). The highest BCUT2D eigenvalue weighted by molar-refractivity contribution is 6.38. The molecule has 1 atom stereocenters. The SMILES string of the molecule is CCC(CC)NC(=O)C(C)n1ccc2c(Cl)cc(Cl)cc21. The summed E-state index contributed by atoms with van der Waals surface area (Å²) < 4.78 is 1.91. The van der Waals surface area contributed by atoms with Crippen LogP contribution in [0.2, 0.25) is 10.0 Å². The van der Waals surface area contributed by atoms with E-state index in [1.807, 2.05) is 29.8 Å². The summed E-state index contributed by atoms with van der Waals surface area (Å²) in [6, 6.07) is 5.37. The summed E-state index contributed by atoms with van der Waals surface area (Å²) in [6.45, 7) is 6.03. The van der Waals surface area contributed by atoms with Crippen molar-refractivity contribution in [2.24, 2.45) is 0 Å². The lowest BCUT2D eigenvalue weighted by molar-refractivity contribution is -0.124. The first-order chi connectivity index (χ1) is 9.97. The van der Waals surface area contributed by atoms with Crippen molar-refractivity contribution < 1.29 is 4.79 Å². The third-order valence-electron chi connectivity index (χ3n) is 3.88. The van der Waals surface area contributed by atoms with Crippen molar-refractivity contribution in [2.75, 3.05) is 0 Å². The van der Waals surface area contributed by atoms with Crippen LogP contribution in [0.1, 0.15) is 39.7 Å². The molecular weight excluding hydrogens is 307 g/mol. The number of carbonyl (C=O) groups is 1. The minimum atomic E-state index is -0.308. The molecule has 1 aromatic heterocycles. The van der Waals surface area contributed by atoms with Crippen LogP contribution in [0.4, 0.5) is 0 Å². The number of rotatable bonds is 5. The summed E-state index contributed by atoms with van der Waals surface area (Å²) in [7, 11) is 0. The topological polar surface area (TPSA) is 34.0 Å². The molecule has 1 N–H and O–H groups in total. The predicted octanol–water partition coefficient (Wildman–Crippen LogP) is 4.81. The van der Waals surface area contributed by atoms with Gasteiger partial charge in [0, 0.05) is 22.6 Å². The van der Waals surface area contributed by atoms with Crippen LogP contribution in [0.25, 0.3) is 10.9 Å². The lowest BCUT2D eigenvalue weighted by atomic mass is 10.1. The van der Waals surface area contributed by atoms with E-state index in [0.717, 1.165) is 23.7 Å². The minimum Gasteiger partial charge on any atom is -0.352 e. The Hall–Kier alpha value is -1.19. The number of aromatic nitrogens is 1. The second-order valence-corrected chi connectivity index (χ2v) is 6.09. The van der Waals surface area contributed by atoms with Crippen molar-refractivity contribution in [3.05, 3.63) is 34.4 Å². The van der Waals surface area contributed by atoms with Crippen molar-refractivity contribution in [3.8, 4) is 0 Å². The summed E-state index contributed by atoms with van der Waals surface area (Å²) >= 11 is 12.3. The number of nitrogens with zero attached hydrogens (tertiary/aromatic N) is 1. The molecule has 0 spiro atoms. The average molecular weight is 327 g/mol. The number of hydrogen-bond donors (Lipinski definition) is 1. The quantitative estimate of drug-likeness (QED) is 0.840. The number of hydrogen-bond acceptors (Lipinski definition) is 1. The molecule has 1 amide bonds. The van der Waals surface area contributed by atoms with Gasteiger partial charge in [0.05, 0.1) is 10.5 Å². The van der Waals surface area contributed by atoms with E-state index in [1.54, 1.807) is 6.07 Å². The Kier molecular flexibility index (Phi) is 5.17. The van der Waals surface area contributed by atoms with E-state index >= 15 is 0 Å². The minimum absolute atomic E-state index is 0.0114. The van der Waals surface area contributed by atoms with E-state index in [1.165, 1.54) is 0 Å². The van der Waals surface area contributed by atoms with Gasteiger partial charge in [0.1, 0.15) is 6.04 Å². The zero-order valence-electron chi connectivity index (χ0n) is 12.5. The highest BCUT2D eigenvalue weighted by atomic mass is 35.5. The Morgan fingerprint density at radius 3 is 2.57 bits per heavy atom. The first kappa shape index (κ1) is 16.2. The van der Waals surface area contributed by atoms with Crippen LogP contribution in [0.15, 0.2) is 24.4 Å². The molecule has 114 valence electrons. The van der Waals surface area contributed by atoms with Gasteiger partial charge in [0.15, 0.2) is 0 Å². The lowest BCUT2D eigenvalue weighted by Gasteiger charge is -2.20. The van der Waals surface area contributed by atoms with Crippen molar-refractivity contribution in [1.82, 2.24) is 9.88 Å². The van der Waals surface area contributed by atoms with Crippen molar-refractivity contribution >= 4 is 40.0 Å². The van der Waals surface area contributed by atoms with Crippen LogP contribution in [-0.4, -0.2) is 16.5 Å². The monoisotopic (exact) mass is 326 g/mol. The van der Waals surface area contributed by atoms with Crippen LogP contribution < -0.4 is 5.32 Å². The molecule has 0 radical (unpaired) electrons. The molecular formula is C16H20Cl2N2O. The van der Waals surface area contributed by atoms with Gasteiger partial charge in [-0.05, 0) is 38.0 Å².